The molecule has 0 spiro atoms. The predicted octanol–water partition coefficient (Wildman–Crippen LogP) is 5.10. The maximum Gasteiger partial charge on any atom is 0.194 e. The quantitative estimate of drug-likeness (QED) is 0.432. The minimum Gasteiger partial charge on any atom is -0.306 e. The maximum atomic E-state index is 4.87. The van der Waals surface area contributed by atoms with Crippen molar-refractivity contribution in [3.63, 3.8) is 0 Å². The van der Waals surface area contributed by atoms with Gasteiger partial charge in [-0.15, -0.1) is 11.3 Å². The van der Waals surface area contributed by atoms with Crippen LogP contribution in [0, 0.1) is 0 Å². The van der Waals surface area contributed by atoms with Crippen LogP contribution in [0.15, 0.2) is 84.9 Å². The number of hydrogen-bond acceptors (Lipinski definition) is 4. The molecule has 0 fully saturated rings. The fraction of sp³-hybridized carbons (Fsp3) is 0.130. The van der Waals surface area contributed by atoms with Gasteiger partial charge in [0.15, 0.2) is 4.96 Å². The van der Waals surface area contributed by atoms with E-state index in [2.05, 4.69) is 81.7 Å². The summed E-state index contributed by atoms with van der Waals surface area (Å²) in [5, 5.41) is 5.75. The minimum atomic E-state index is 0.222. The highest BCUT2D eigenvalue weighted by atomic mass is 32.1. The van der Waals surface area contributed by atoms with Crippen molar-refractivity contribution < 1.29 is 0 Å². The van der Waals surface area contributed by atoms with Crippen LogP contribution in [0.2, 0.25) is 0 Å². The Balaban J connectivity index is 1.37. The first-order chi connectivity index (χ1) is 14.3. The lowest BCUT2D eigenvalue weighted by Gasteiger charge is -2.15. The smallest absolute Gasteiger partial charge is 0.194 e. The fourth-order valence-electron chi connectivity index (χ4n) is 3.54. The van der Waals surface area contributed by atoms with Gasteiger partial charge in [-0.1, -0.05) is 42.5 Å². The van der Waals surface area contributed by atoms with Crippen LogP contribution >= 0.6 is 11.3 Å². The molecule has 5 rings (SSSR count). The van der Waals surface area contributed by atoms with E-state index in [0.717, 1.165) is 28.5 Å². The third-order valence-electron chi connectivity index (χ3n) is 5.18. The largest absolute Gasteiger partial charge is 0.306 e. The van der Waals surface area contributed by atoms with Gasteiger partial charge in [0.2, 0.25) is 0 Å². The molecular formula is C23H21N5S. The van der Waals surface area contributed by atoms with Crippen molar-refractivity contribution in [1.82, 2.24) is 24.3 Å². The highest BCUT2D eigenvalue weighted by Crippen LogP contribution is 2.27. The van der Waals surface area contributed by atoms with Crippen molar-refractivity contribution in [2.75, 3.05) is 0 Å². The Morgan fingerprint density at radius 2 is 1.86 bits per heavy atom. The van der Waals surface area contributed by atoms with Gasteiger partial charge in [0.1, 0.15) is 0 Å². The zero-order valence-electron chi connectivity index (χ0n) is 16.1. The van der Waals surface area contributed by atoms with E-state index in [1.165, 1.54) is 11.3 Å². The predicted molar refractivity (Wildman–Crippen MR) is 117 cm³/mol. The molecule has 5 aromatic rings. The summed E-state index contributed by atoms with van der Waals surface area (Å²) in [6, 6.07) is 19.2. The van der Waals surface area contributed by atoms with Crippen LogP contribution < -0.4 is 5.32 Å². The highest BCUT2D eigenvalue weighted by Gasteiger charge is 2.16. The van der Waals surface area contributed by atoms with Gasteiger partial charge < -0.3 is 9.88 Å². The number of nitrogens with zero attached hydrogens (tertiary/aromatic N) is 4. The van der Waals surface area contributed by atoms with Gasteiger partial charge in [-0.3, -0.25) is 4.40 Å². The van der Waals surface area contributed by atoms with Crippen LogP contribution in [-0.4, -0.2) is 18.9 Å². The van der Waals surface area contributed by atoms with E-state index in [-0.39, 0.29) is 6.04 Å². The van der Waals surface area contributed by atoms with Crippen molar-refractivity contribution in [3.05, 3.63) is 96.2 Å². The number of nitrogens with one attached hydrogen (secondary N) is 1. The van der Waals surface area contributed by atoms with Gasteiger partial charge >= 0.3 is 0 Å². The second-order valence-corrected chi connectivity index (χ2v) is 7.87. The standard InChI is InChI=1S/C23H21N5S/c1-17(18-7-9-20(10-8-18)27-12-11-24-16-27)25-15-21-22(19-5-3-2-4-6-19)26-23-28(21)13-14-29-23/h2-14,16-17,25H,15H2,1H3. The summed E-state index contributed by atoms with van der Waals surface area (Å²) in [5.41, 5.74) is 5.75. The zero-order valence-corrected chi connectivity index (χ0v) is 16.9. The van der Waals surface area contributed by atoms with Gasteiger partial charge in [-0.05, 0) is 24.6 Å². The normalized spacial score (nSPS) is 12.4. The number of thiazole rings is 1. The van der Waals surface area contributed by atoms with Crippen molar-refractivity contribution in [1.29, 1.82) is 0 Å². The molecule has 3 heterocycles. The molecular weight excluding hydrogens is 378 g/mol. The number of aromatic nitrogens is 4. The van der Waals surface area contributed by atoms with E-state index in [1.807, 2.05) is 23.2 Å². The summed E-state index contributed by atoms with van der Waals surface area (Å²) in [6.07, 6.45) is 7.65. The first kappa shape index (κ1) is 17.8. The average molecular weight is 400 g/mol. The second-order valence-electron chi connectivity index (χ2n) is 6.99. The van der Waals surface area contributed by atoms with Crippen molar-refractivity contribution in [2.24, 2.45) is 0 Å². The van der Waals surface area contributed by atoms with Crippen LogP contribution in [0.25, 0.3) is 21.9 Å². The van der Waals surface area contributed by atoms with Crippen LogP contribution in [0.4, 0.5) is 0 Å². The Morgan fingerprint density at radius 3 is 2.62 bits per heavy atom. The zero-order chi connectivity index (χ0) is 19.6. The molecule has 144 valence electrons. The molecule has 1 N–H and O–H groups in total. The summed E-state index contributed by atoms with van der Waals surface area (Å²) < 4.78 is 4.20. The van der Waals surface area contributed by atoms with E-state index in [9.17, 15) is 0 Å². The number of hydrogen-bond donors (Lipinski definition) is 1. The summed E-state index contributed by atoms with van der Waals surface area (Å²) in [4.78, 5) is 10.0. The molecule has 0 aliphatic heterocycles. The van der Waals surface area contributed by atoms with Crippen LogP contribution in [0.1, 0.15) is 24.2 Å². The Labute approximate surface area is 173 Å². The summed E-state index contributed by atoms with van der Waals surface area (Å²) >= 11 is 1.66. The van der Waals surface area contributed by atoms with Crippen LogP contribution in [0.3, 0.4) is 0 Å². The number of rotatable bonds is 6. The number of benzene rings is 2. The summed E-state index contributed by atoms with van der Waals surface area (Å²) in [7, 11) is 0. The molecule has 0 saturated heterocycles. The molecule has 1 atom stereocenters. The Bertz CT molecular complexity index is 1200. The lowest BCUT2D eigenvalue weighted by atomic mass is 10.1. The molecule has 6 heteroatoms. The van der Waals surface area contributed by atoms with Crippen molar-refractivity contribution in [2.45, 2.75) is 19.5 Å². The third-order valence-corrected chi connectivity index (χ3v) is 5.94. The molecule has 0 aliphatic rings. The van der Waals surface area contributed by atoms with Gasteiger partial charge in [0.25, 0.3) is 0 Å². The lowest BCUT2D eigenvalue weighted by Crippen LogP contribution is -2.19. The monoisotopic (exact) mass is 399 g/mol. The average Bonchev–Trinajstić information content (AvgIpc) is 3.51. The van der Waals surface area contributed by atoms with E-state index >= 15 is 0 Å². The molecule has 5 nitrogen and oxygen atoms in total. The molecule has 29 heavy (non-hydrogen) atoms. The summed E-state index contributed by atoms with van der Waals surface area (Å²) in [5.74, 6) is 0. The molecule has 0 amide bonds. The molecule has 0 radical (unpaired) electrons. The first-order valence-electron chi connectivity index (χ1n) is 9.61. The van der Waals surface area contributed by atoms with E-state index in [4.69, 9.17) is 4.98 Å². The van der Waals surface area contributed by atoms with E-state index < -0.39 is 0 Å². The molecule has 0 bridgehead atoms. The number of imidazole rings is 2. The Kier molecular flexibility index (Phi) is 4.71. The Morgan fingerprint density at radius 1 is 1.03 bits per heavy atom. The van der Waals surface area contributed by atoms with Crippen molar-refractivity contribution >= 4 is 16.3 Å². The van der Waals surface area contributed by atoms with E-state index in [0.29, 0.717) is 0 Å². The van der Waals surface area contributed by atoms with E-state index in [1.54, 1.807) is 17.5 Å². The number of fused-ring (bicyclic) bond motifs is 1. The highest BCUT2D eigenvalue weighted by molar-refractivity contribution is 7.15. The fourth-order valence-corrected chi connectivity index (χ4v) is 4.28. The van der Waals surface area contributed by atoms with Gasteiger partial charge in [-0.25, -0.2) is 9.97 Å². The van der Waals surface area contributed by atoms with Crippen LogP contribution in [-0.2, 0) is 6.54 Å². The van der Waals surface area contributed by atoms with Gasteiger partial charge in [0.05, 0.1) is 17.7 Å². The minimum absolute atomic E-state index is 0.222. The lowest BCUT2D eigenvalue weighted by molar-refractivity contribution is 0.567. The van der Waals surface area contributed by atoms with Crippen LogP contribution in [0.5, 0.6) is 0 Å². The molecule has 0 saturated carbocycles. The first-order valence-corrected chi connectivity index (χ1v) is 10.5. The maximum absolute atomic E-state index is 4.87. The SMILES string of the molecule is CC(NCc1c(-c2ccccc2)nc2sccn12)c1ccc(-n2ccnc2)cc1. The molecule has 0 aliphatic carbocycles. The molecule has 2 aromatic carbocycles. The van der Waals surface area contributed by atoms with Crippen molar-refractivity contribution in [3.8, 4) is 16.9 Å². The van der Waals surface area contributed by atoms with Gasteiger partial charge in [0, 0.05) is 47.8 Å². The third kappa shape index (κ3) is 3.48. The molecule has 3 aromatic heterocycles. The summed E-state index contributed by atoms with van der Waals surface area (Å²) in [6.45, 7) is 2.94. The molecule has 1 unspecified atom stereocenters. The second kappa shape index (κ2) is 7.66. The Hall–Kier alpha value is -3.22. The van der Waals surface area contributed by atoms with Gasteiger partial charge in [-0.2, -0.15) is 0 Å². The topological polar surface area (TPSA) is 47.2 Å².